The monoisotopic (exact) mass is 437 g/mol. The van der Waals surface area contributed by atoms with E-state index in [1.54, 1.807) is 4.90 Å². The van der Waals surface area contributed by atoms with E-state index in [2.05, 4.69) is 43.1 Å². The number of hydrogen-bond acceptors (Lipinski definition) is 6. The van der Waals surface area contributed by atoms with E-state index in [9.17, 15) is 9.59 Å². The van der Waals surface area contributed by atoms with Crippen LogP contribution in [-0.4, -0.2) is 28.0 Å². The molecule has 2 aliphatic heterocycles. The van der Waals surface area contributed by atoms with Crippen LogP contribution >= 0.6 is 11.3 Å². The van der Waals surface area contributed by atoms with Crippen molar-refractivity contribution >= 4 is 28.2 Å². The van der Waals surface area contributed by atoms with Crippen molar-refractivity contribution in [3.8, 4) is 0 Å². The second kappa shape index (κ2) is 7.26. The molecule has 5 rings (SSSR count). The summed E-state index contributed by atoms with van der Waals surface area (Å²) in [7, 11) is 0. The number of rotatable bonds is 2. The van der Waals surface area contributed by atoms with Gasteiger partial charge in [0.2, 0.25) is 5.13 Å². The largest absolute Gasteiger partial charge is 0.483 e. The zero-order chi connectivity index (χ0) is 21.9. The van der Waals surface area contributed by atoms with Gasteiger partial charge in [0.15, 0.2) is 11.5 Å². The molecule has 0 radical (unpaired) electrons. The smallest absolute Gasteiger partial charge is 0.296 e. The summed E-state index contributed by atoms with van der Waals surface area (Å²) in [4.78, 5) is 28.7. The average molecular weight is 438 g/mol. The number of ketones is 1. The molecule has 31 heavy (non-hydrogen) atoms. The van der Waals surface area contributed by atoms with E-state index >= 15 is 0 Å². The number of carbonyl (C=O) groups is 2. The van der Waals surface area contributed by atoms with Crippen molar-refractivity contribution in [1.82, 2.24) is 10.2 Å². The summed E-state index contributed by atoms with van der Waals surface area (Å²) in [6, 6.07) is 7.68. The quantitative estimate of drug-likeness (QED) is 0.684. The molecule has 1 aromatic heterocycles. The van der Waals surface area contributed by atoms with Crippen LogP contribution in [0.4, 0.5) is 5.13 Å². The van der Waals surface area contributed by atoms with Crippen LogP contribution in [0.25, 0.3) is 0 Å². The first-order valence-electron chi connectivity index (χ1n) is 10.9. The van der Waals surface area contributed by atoms with Crippen LogP contribution in [0.1, 0.15) is 68.6 Å². The molecule has 0 N–H and O–H groups in total. The fourth-order valence-electron chi connectivity index (χ4n) is 4.91. The summed E-state index contributed by atoms with van der Waals surface area (Å²) in [6.45, 7) is 8.36. The van der Waals surface area contributed by atoms with E-state index < -0.39 is 6.04 Å². The molecule has 3 heterocycles. The van der Waals surface area contributed by atoms with Crippen LogP contribution in [0.15, 0.2) is 35.6 Å². The Bertz CT molecular complexity index is 1080. The lowest BCUT2D eigenvalue weighted by Gasteiger charge is -2.35. The first-order chi connectivity index (χ1) is 14.8. The maximum Gasteiger partial charge on any atom is 0.296 e. The van der Waals surface area contributed by atoms with Gasteiger partial charge >= 0.3 is 0 Å². The second-order valence-corrected chi connectivity index (χ2v) is 10.9. The normalized spacial score (nSPS) is 26.1. The Morgan fingerprint density at radius 2 is 1.77 bits per heavy atom. The van der Waals surface area contributed by atoms with Crippen molar-refractivity contribution in [2.45, 2.75) is 70.9 Å². The Morgan fingerprint density at radius 3 is 2.42 bits per heavy atom. The van der Waals surface area contributed by atoms with Gasteiger partial charge < -0.3 is 4.74 Å². The molecule has 3 atom stereocenters. The molecule has 0 bridgehead atoms. The number of Topliss-reactive ketones (excluding diaryl/α,β-unsaturated/α-hetero) is 1. The minimum Gasteiger partial charge on any atom is -0.483 e. The maximum atomic E-state index is 13.6. The van der Waals surface area contributed by atoms with Crippen LogP contribution < -0.4 is 4.90 Å². The highest BCUT2D eigenvalue weighted by Gasteiger charge is 2.53. The lowest BCUT2D eigenvalue weighted by molar-refractivity contribution is -0.131. The molecule has 1 fully saturated rings. The number of fused-ring (bicyclic) bond motifs is 1. The van der Waals surface area contributed by atoms with E-state index in [-0.39, 0.29) is 34.9 Å². The highest BCUT2D eigenvalue weighted by molar-refractivity contribution is 7.15. The van der Waals surface area contributed by atoms with Gasteiger partial charge in [0, 0.05) is 0 Å². The number of hydrogen-bond donors (Lipinski definition) is 0. The lowest BCUT2D eigenvalue weighted by atomic mass is 9.77. The van der Waals surface area contributed by atoms with Gasteiger partial charge in [-0.25, -0.2) is 0 Å². The third-order valence-corrected chi connectivity index (χ3v) is 7.42. The molecule has 2 aromatic rings. The number of amides is 1. The van der Waals surface area contributed by atoms with Gasteiger partial charge in [-0.05, 0) is 42.7 Å². The van der Waals surface area contributed by atoms with E-state index in [1.165, 1.54) is 16.9 Å². The molecule has 1 amide bonds. The van der Waals surface area contributed by atoms with E-state index in [0.29, 0.717) is 10.7 Å². The second-order valence-electron chi connectivity index (χ2n) is 9.71. The van der Waals surface area contributed by atoms with Crippen molar-refractivity contribution in [1.29, 1.82) is 0 Å². The summed E-state index contributed by atoms with van der Waals surface area (Å²) in [6.07, 6.45) is 3.51. The lowest BCUT2D eigenvalue weighted by Crippen LogP contribution is -2.39. The van der Waals surface area contributed by atoms with Gasteiger partial charge in [0.25, 0.3) is 5.91 Å². The summed E-state index contributed by atoms with van der Waals surface area (Å²) in [5.41, 5.74) is 2.60. The van der Waals surface area contributed by atoms with Crippen LogP contribution in [0.3, 0.4) is 0 Å². The molecule has 1 aromatic carbocycles. The van der Waals surface area contributed by atoms with E-state index in [1.807, 2.05) is 19.1 Å². The third kappa shape index (κ3) is 3.30. The fourth-order valence-corrected chi connectivity index (χ4v) is 5.62. The molecule has 0 spiro atoms. The Labute approximate surface area is 186 Å². The van der Waals surface area contributed by atoms with Crippen molar-refractivity contribution < 1.29 is 14.3 Å². The summed E-state index contributed by atoms with van der Waals surface area (Å²) in [5.74, 6) is -0.167. The standard InChI is InChI=1S/C24H27N3O3S/c1-13-25-26-23(31-13)27-19(14-9-11-15(12-10-14)24(2,3)4)18-20(28)16-7-5-6-8-17(16)30-21(18)22(27)29/h9-12,16-17,19H,5-8H2,1-4H3. The van der Waals surface area contributed by atoms with Crippen LogP contribution in [-0.2, 0) is 19.7 Å². The number of aromatic nitrogens is 2. The van der Waals surface area contributed by atoms with Gasteiger partial charge in [0.05, 0.1) is 17.5 Å². The highest BCUT2D eigenvalue weighted by Crippen LogP contribution is 2.48. The van der Waals surface area contributed by atoms with Gasteiger partial charge in [-0.1, -0.05) is 62.8 Å². The molecule has 3 unspecified atom stereocenters. The molecule has 0 saturated heterocycles. The number of carbonyl (C=O) groups excluding carboxylic acids is 2. The molecule has 3 aliphatic rings. The first-order valence-corrected chi connectivity index (χ1v) is 11.8. The minimum atomic E-state index is -0.528. The maximum absolute atomic E-state index is 13.6. The number of ether oxygens (including phenoxy) is 1. The fraction of sp³-hybridized carbons (Fsp3) is 0.500. The number of benzene rings is 1. The molecule has 7 heteroatoms. The van der Waals surface area contributed by atoms with Gasteiger partial charge in [0.1, 0.15) is 11.1 Å². The van der Waals surface area contributed by atoms with Crippen molar-refractivity contribution in [3.05, 3.63) is 51.7 Å². The van der Waals surface area contributed by atoms with Crippen LogP contribution in [0, 0.1) is 12.8 Å². The molecule has 6 nitrogen and oxygen atoms in total. The zero-order valence-electron chi connectivity index (χ0n) is 18.3. The predicted octanol–water partition coefficient (Wildman–Crippen LogP) is 4.64. The topological polar surface area (TPSA) is 72.4 Å². The van der Waals surface area contributed by atoms with Crippen molar-refractivity contribution in [3.63, 3.8) is 0 Å². The van der Waals surface area contributed by atoms with Gasteiger partial charge in [-0.15, -0.1) is 10.2 Å². The summed E-state index contributed by atoms with van der Waals surface area (Å²) < 4.78 is 6.21. The third-order valence-electron chi connectivity index (χ3n) is 6.58. The average Bonchev–Trinajstić information content (AvgIpc) is 3.29. The molecular formula is C24H27N3O3S. The van der Waals surface area contributed by atoms with Gasteiger partial charge in [-0.3, -0.25) is 14.5 Å². The predicted molar refractivity (Wildman–Crippen MR) is 119 cm³/mol. The summed E-state index contributed by atoms with van der Waals surface area (Å²) in [5, 5.41) is 9.62. The van der Waals surface area contributed by atoms with E-state index in [4.69, 9.17) is 4.74 Å². The van der Waals surface area contributed by atoms with Crippen LogP contribution in [0.2, 0.25) is 0 Å². The summed E-state index contributed by atoms with van der Waals surface area (Å²) >= 11 is 1.36. The van der Waals surface area contributed by atoms with Crippen molar-refractivity contribution in [2.24, 2.45) is 5.92 Å². The Kier molecular flexibility index (Phi) is 4.77. The Balaban J connectivity index is 1.63. The number of aryl methyl sites for hydroxylation is 1. The highest BCUT2D eigenvalue weighted by atomic mass is 32.1. The SMILES string of the molecule is Cc1nnc(N2C(=O)C3=C(C(=O)C4CCCCC4O3)C2c2ccc(C(C)(C)C)cc2)s1. The van der Waals surface area contributed by atoms with Crippen LogP contribution in [0.5, 0.6) is 0 Å². The Morgan fingerprint density at radius 1 is 1.06 bits per heavy atom. The minimum absolute atomic E-state index is 0.0174. The zero-order valence-corrected chi connectivity index (χ0v) is 19.2. The number of nitrogens with zero attached hydrogens (tertiary/aromatic N) is 3. The van der Waals surface area contributed by atoms with E-state index in [0.717, 1.165) is 36.3 Å². The Hall–Kier alpha value is -2.54. The van der Waals surface area contributed by atoms with Crippen molar-refractivity contribution in [2.75, 3.05) is 4.90 Å². The number of anilines is 1. The van der Waals surface area contributed by atoms with Gasteiger partial charge in [-0.2, -0.15) is 0 Å². The first kappa shape index (κ1) is 20.4. The molecule has 162 valence electrons. The molecular weight excluding hydrogens is 410 g/mol. The molecule has 1 saturated carbocycles. The molecule has 1 aliphatic carbocycles.